The summed E-state index contributed by atoms with van der Waals surface area (Å²) in [5.74, 6) is 0.930. The highest BCUT2D eigenvalue weighted by atomic mass is 15.2. The molecule has 0 aromatic rings. The van der Waals surface area contributed by atoms with E-state index < -0.39 is 0 Å². The Morgan fingerprint density at radius 2 is 1.56 bits per heavy atom. The Balaban J connectivity index is 2.71. The normalized spacial score (nSPS) is 25.7. The molecule has 0 saturated heterocycles. The highest BCUT2D eigenvalue weighted by molar-refractivity contribution is 4.94. The first-order chi connectivity index (χ1) is 8.59. The van der Waals surface area contributed by atoms with Crippen LogP contribution < -0.4 is 5.73 Å². The second-order valence-corrected chi connectivity index (χ2v) is 6.45. The van der Waals surface area contributed by atoms with Crippen LogP contribution in [0.15, 0.2) is 0 Å². The van der Waals surface area contributed by atoms with E-state index in [1.807, 2.05) is 0 Å². The Morgan fingerprint density at radius 1 is 1.06 bits per heavy atom. The minimum absolute atomic E-state index is 0.259. The van der Waals surface area contributed by atoms with Gasteiger partial charge >= 0.3 is 0 Å². The zero-order chi connectivity index (χ0) is 13.6. The lowest BCUT2D eigenvalue weighted by Crippen LogP contribution is -2.56. The molecule has 0 aliphatic heterocycles. The third-order valence-corrected chi connectivity index (χ3v) is 5.09. The summed E-state index contributed by atoms with van der Waals surface area (Å²) >= 11 is 0. The average molecular weight is 254 g/mol. The molecule has 0 bridgehead atoms. The van der Waals surface area contributed by atoms with Gasteiger partial charge in [0.25, 0.3) is 0 Å². The average Bonchev–Trinajstić information content (AvgIpc) is 2.38. The Morgan fingerprint density at radius 3 is 1.94 bits per heavy atom. The molecule has 0 aromatic carbocycles. The Kier molecular flexibility index (Phi) is 6.65. The van der Waals surface area contributed by atoms with Crippen molar-refractivity contribution in [2.75, 3.05) is 13.6 Å². The highest BCUT2D eigenvalue weighted by Crippen LogP contribution is 2.34. The summed E-state index contributed by atoms with van der Waals surface area (Å²) in [6.07, 6.45) is 10.5. The van der Waals surface area contributed by atoms with E-state index in [4.69, 9.17) is 5.73 Å². The van der Waals surface area contributed by atoms with Gasteiger partial charge in [-0.05, 0) is 51.5 Å². The van der Waals surface area contributed by atoms with Gasteiger partial charge in [0, 0.05) is 18.1 Å². The van der Waals surface area contributed by atoms with E-state index in [9.17, 15) is 0 Å². The third-order valence-electron chi connectivity index (χ3n) is 5.09. The lowest BCUT2D eigenvalue weighted by atomic mass is 9.81. The molecule has 2 nitrogen and oxygen atoms in total. The molecule has 2 N–H and O–H groups in total. The largest absolute Gasteiger partial charge is 0.329 e. The summed E-state index contributed by atoms with van der Waals surface area (Å²) in [6.45, 7) is 7.79. The molecule has 1 aliphatic rings. The van der Waals surface area contributed by atoms with Crippen molar-refractivity contribution in [1.82, 2.24) is 4.90 Å². The predicted octanol–water partition coefficient (Wildman–Crippen LogP) is 3.79. The predicted molar refractivity (Wildman–Crippen MR) is 80.8 cm³/mol. The quantitative estimate of drug-likeness (QED) is 0.749. The second-order valence-electron chi connectivity index (χ2n) is 6.45. The van der Waals surface area contributed by atoms with E-state index in [1.165, 1.54) is 51.4 Å². The molecule has 108 valence electrons. The van der Waals surface area contributed by atoms with Crippen LogP contribution in [0.1, 0.15) is 72.1 Å². The van der Waals surface area contributed by atoms with Gasteiger partial charge in [0.15, 0.2) is 0 Å². The fourth-order valence-electron chi connectivity index (χ4n) is 3.77. The van der Waals surface area contributed by atoms with Gasteiger partial charge in [-0.3, -0.25) is 4.90 Å². The van der Waals surface area contributed by atoms with Gasteiger partial charge in [-0.1, -0.05) is 33.6 Å². The number of rotatable bonds is 7. The fourth-order valence-corrected chi connectivity index (χ4v) is 3.77. The maximum Gasteiger partial charge on any atom is 0.0331 e. The third kappa shape index (κ3) is 3.71. The van der Waals surface area contributed by atoms with E-state index in [-0.39, 0.29) is 5.54 Å². The molecule has 1 saturated carbocycles. The standard InChI is InChI=1S/C16H34N2/c1-5-11-16(13-17,12-6-2)18(4)15-9-7-14(3)8-10-15/h14-15H,5-13,17H2,1-4H3. The number of hydrogen-bond acceptors (Lipinski definition) is 2. The topological polar surface area (TPSA) is 29.3 Å². The Bertz CT molecular complexity index is 213. The SMILES string of the molecule is CCCC(CN)(CCC)N(C)C1CCC(C)CC1. The van der Waals surface area contributed by atoms with Crippen LogP contribution in [0.2, 0.25) is 0 Å². The molecule has 1 aliphatic carbocycles. The fraction of sp³-hybridized carbons (Fsp3) is 1.00. The van der Waals surface area contributed by atoms with Crippen LogP contribution in [0.5, 0.6) is 0 Å². The molecule has 1 fully saturated rings. The van der Waals surface area contributed by atoms with E-state index in [2.05, 4.69) is 32.7 Å². The van der Waals surface area contributed by atoms with Crippen LogP contribution in [0.4, 0.5) is 0 Å². The smallest absolute Gasteiger partial charge is 0.0331 e. The van der Waals surface area contributed by atoms with Crippen LogP contribution >= 0.6 is 0 Å². The second kappa shape index (κ2) is 7.49. The highest BCUT2D eigenvalue weighted by Gasteiger charge is 2.36. The maximum absolute atomic E-state index is 6.17. The van der Waals surface area contributed by atoms with E-state index in [0.717, 1.165) is 18.5 Å². The number of likely N-dealkylation sites (N-methyl/N-ethyl adjacent to an activating group) is 1. The summed E-state index contributed by atoms with van der Waals surface area (Å²) in [5, 5.41) is 0. The van der Waals surface area contributed by atoms with E-state index >= 15 is 0 Å². The van der Waals surface area contributed by atoms with Gasteiger partial charge in [0.1, 0.15) is 0 Å². The maximum atomic E-state index is 6.17. The van der Waals surface area contributed by atoms with Gasteiger partial charge in [0.2, 0.25) is 0 Å². The van der Waals surface area contributed by atoms with Crippen LogP contribution in [0.3, 0.4) is 0 Å². The minimum atomic E-state index is 0.259. The van der Waals surface area contributed by atoms with Gasteiger partial charge in [-0.15, -0.1) is 0 Å². The van der Waals surface area contributed by atoms with Crippen molar-refractivity contribution in [1.29, 1.82) is 0 Å². The van der Waals surface area contributed by atoms with Gasteiger partial charge < -0.3 is 5.73 Å². The Hall–Kier alpha value is -0.0800. The molecule has 0 radical (unpaired) electrons. The lowest BCUT2D eigenvalue weighted by molar-refractivity contribution is 0.0362. The molecule has 18 heavy (non-hydrogen) atoms. The van der Waals surface area contributed by atoms with Crippen molar-refractivity contribution < 1.29 is 0 Å². The summed E-state index contributed by atoms with van der Waals surface area (Å²) < 4.78 is 0. The van der Waals surface area contributed by atoms with Crippen LogP contribution in [-0.2, 0) is 0 Å². The molecule has 0 unspecified atom stereocenters. The first-order valence-electron chi connectivity index (χ1n) is 8.02. The van der Waals surface area contributed by atoms with Gasteiger partial charge in [-0.2, -0.15) is 0 Å². The first-order valence-corrected chi connectivity index (χ1v) is 8.02. The van der Waals surface area contributed by atoms with Crippen molar-refractivity contribution >= 4 is 0 Å². The number of nitrogens with zero attached hydrogens (tertiary/aromatic N) is 1. The Labute approximate surface area is 114 Å². The molecule has 1 rings (SSSR count). The van der Waals surface area contributed by atoms with Crippen molar-refractivity contribution in [3.63, 3.8) is 0 Å². The first kappa shape index (κ1) is 16.0. The summed E-state index contributed by atoms with van der Waals surface area (Å²) in [6, 6.07) is 0.767. The molecule has 0 aromatic heterocycles. The number of hydrogen-bond donors (Lipinski definition) is 1. The number of nitrogens with two attached hydrogens (primary N) is 1. The molecule has 0 heterocycles. The summed E-state index contributed by atoms with van der Waals surface area (Å²) in [4.78, 5) is 2.66. The van der Waals surface area contributed by atoms with Crippen LogP contribution in [0.25, 0.3) is 0 Å². The van der Waals surface area contributed by atoms with Crippen LogP contribution in [0, 0.1) is 5.92 Å². The molecular weight excluding hydrogens is 220 g/mol. The van der Waals surface area contributed by atoms with Crippen molar-refractivity contribution in [3.8, 4) is 0 Å². The minimum Gasteiger partial charge on any atom is -0.329 e. The zero-order valence-electron chi connectivity index (χ0n) is 13.0. The van der Waals surface area contributed by atoms with Crippen molar-refractivity contribution in [3.05, 3.63) is 0 Å². The van der Waals surface area contributed by atoms with Crippen molar-refractivity contribution in [2.24, 2.45) is 11.7 Å². The summed E-state index contributed by atoms with van der Waals surface area (Å²) in [5.41, 5.74) is 6.43. The lowest BCUT2D eigenvalue weighted by Gasteiger charge is -2.47. The molecule has 0 spiro atoms. The van der Waals surface area contributed by atoms with Crippen LogP contribution in [-0.4, -0.2) is 30.1 Å². The molecular formula is C16H34N2. The zero-order valence-corrected chi connectivity index (χ0v) is 13.0. The van der Waals surface area contributed by atoms with Gasteiger partial charge in [0.05, 0.1) is 0 Å². The molecule has 0 atom stereocenters. The molecule has 2 heteroatoms. The monoisotopic (exact) mass is 254 g/mol. The summed E-state index contributed by atoms with van der Waals surface area (Å²) in [7, 11) is 2.33. The van der Waals surface area contributed by atoms with Crippen molar-refractivity contribution in [2.45, 2.75) is 83.7 Å². The van der Waals surface area contributed by atoms with Gasteiger partial charge in [-0.25, -0.2) is 0 Å². The van der Waals surface area contributed by atoms with E-state index in [0.29, 0.717) is 0 Å². The van der Waals surface area contributed by atoms with E-state index in [1.54, 1.807) is 0 Å². The molecule has 0 amide bonds.